The van der Waals surface area contributed by atoms with Gasteiger partial charge in [-0.05, 0) is 24.3 Å². The van der Waals surface area contributed by atoms with E-state index < -0.39 is 5.82 Å². The minimum atomic E-state index is -0.472. The molecule has 3 aromatic rings. The molecule has 0 bridgehead atoms. The lowest BCUT2D eigenvalue weighted by Crippen LogP contribution is -1.95. The van der Waals surface area contributed by atoms with Gasteiger partial charge in [0, 0.05) is 6.20 Å². The highest BCUT2D eigenvalue weighted by Crippen LogP contribution is 2.40. The minimum Gasteiger partial charge on any atom is -0.496 e. The standard InChI is InChI=1S/C15H12FN3O2/c1-20-11-7-4-5-9(16)12(11)14-13(15(17)21-19-14)10-6-2-3-8-18-10/h2-8H,17H2,1H3. The molecule has 0 spiro atoms. The first-order valence-electron chi connectivity index (χ1n) is 6.21. The quantitative estimate of drug-likeness (QED) is 0.800. The second-order valence-electron chi connectivity index (χ2n) is 4.30. The maximum atomic E-state index is 14.2. The van der Waals surface area contributed by atoms with Crippen LogP contribution in [0.25, 0.3) is 22.5 Å². The Hall–Kier alpha value is -2.89. The molecule has 0 saturated heterocycles. The number of rotatable bonds is 3. The Morgan fingerprint density at radius 3 is 2.71 bits per heavy atom. The number of anilines is 1. The zero-order valence-corrected chi connectivity index (χ0v) is 11.2. The fourth-order valence-electron chi connectivity index (χ4n) is 2.14. The van der Waals surface area contributed by atoms with Crippen molar-refractivity contribution in [2.75, 3.05) is 12.8 Å². The fraction of sp³-hybridized carbons (Fsp3) is 0.0667. The van der Waals surface area contributed by atoms with Crippen molar-refractivity contribution in [2.24, 2.45) is 0 Å². The molecule has 0 atom stereocenters. The molecule has 2 aromatic heterocycles. The summed E-state index contributed by atoms with van der Waals surface area (Å²) < 4.78 is 24.4. The van der Waals surface area contributed by atoms with Crippen LogP contribution >= 0.6 is 0 Å². The molecule has 0 saturated carbocycles. The molecule has 0 aliphatic rings. The lowest BCUT2D eigenvalue weighted by Gasteiger charge is -2.08. The van der Waals surface area contributed by atoms with E-state index in [2.05, 4.69) is 10.1 Å². The van der Waals surface area contributed by atoms with E-state index in [1.54, 1.807) is 36.5 Å². The molecule has 21 heavy (non-hydrogen) atoms. The van der Waals surface area contributed by atoms with Gasteiger partial charge in [-0.25, -0.2) is 4.39 Å². The topological polar surface area (TPSA) is 74.2 Å². The summed E-state index contributed by atoms with van der Waals surface area (Å²) >= 11 is 0. The van der Waals surface area contributed by atoms with Crippen molar-refractivity contribution in [3.63, 3.8) is 0 Å². The second-order valence-corrected chi connectivity index (χ2v) is 4.30. The number of hydrogen-bond acceptors (Lipinski definition) is 5. The molecule has 2 N–H and O–H groups in total. The number of ether oxygens (including phenoxy) is 1. The zero-order valence-electron chi connectivity index (χ0n) is 11.2. The van der Waals surface area contributed by atoms with Crippen molar-refractivity contribution < 1.29 is 13.7 Å². The van der Waals surface area contributed by atoms with Gasteiger partial charge in [0.2, 0.25) is 5.88 Å². The number of methoxy groups -OCH3 is 1. The van der Waals surface area contributed by atoms with Gasteiger partial charge < -0.3 is 15.0 Å². The Morgan fingerprint density at radius 1 is 1.14 bits per heavy atom. The molecule has 0 unspecified atom stereocenters. The molecule has 0 fully saturated rings. The summed E-state index contributed by atoms with van der Waals surface area (Å²) in [6.45, 7) is 0. The Labute approximate surface area is 120 Å². The average Bonchev–Trinajstić information content (AvgIpc) is 2.89. The van der Waals surface area contributed by atoms with E-state index >= 15 is 0 Å². The van der Waals surface area contributed by atoms with E-state index in [1.165, 1.54) is 13.2 Å². The Kier molecular flexibility index (Phi) is 3.27. The summed E-state index contributed by atoms with van der Waals surface area (Å²) in [4.78, 5) is 4.21. The van der Waals surface area contributed by atoms with Gasteiger partial charge in [0.25, 0.3) is 0 Å². The Balaban J connectivity index is 2.27. The van der Waals surface area contributed by atoms with Crippen LogP contribution in [0.1, 0.15) is 0 Å². The Bertz CT molecular complexity index is 772. The smallest absolute Gasteiger partial charge is 0.232 e. The number of pyridine rings is 1. The van der Waals surface area contributed by atoms with Crippen LogP contribution in [0.4, 0.5) is 10.3 Å². The summed E-state index contributed by atoms with van der Waals surface area (Å²) in [5.41, 5.74) is 7.28. The van der Waals surface area contributed by atoms with Crippen LogP contribution in [0.2, 0.25) is 0 Å². The largest absolute Gasteiger partial charge is 0.496 e. The Morgan fingerprint density at radius 2 is 2.00 bits per heavy atom. The molecule has 0 radical (unpaired) electrons. The first-order valence-corrected chi connectivity index (χ1v) is 6.21. The van der Waals surface area contributed by atoms with Crippen LogP contribution in [0, 0.1) is 5.82 Å². The average molecular weight is 285 g/mol. The minimum absolute atomic E-state index is 0.0778. The van der Waals surface area contributed by atoms with Crippen molar-refractivity contribution in [1.82, 2.24) is 10.1 Å². The highest BCUT2D eigenvalue weighted by molar-refractivity contribution is 5.87. The second kappa shape index (κ2) is 5.24. The maximum absolute atomic E-state index is 14.2. The molecule has 0 aliphatic carbocycles. The van der Waals surface area contributed by atoms with Gasteiger partial charge >= 0.3 is 0 Å². The number of halogens is 1. The summed E-state index contributed by atoms with van der Waals surface area (Å²) in [7, 11) is 1.46. The normalized spacial score (nSPS) is 10.6. The van der Waals surface area contributed by atoms with Crippen LogP contribution < -0.4 is 10.5 Å². The number of nitrogens with two attached hydrogens (primary N) is 1. The van der Waals surface area contributed by atoms with Crippen LogP contribution in [0.3, 0.4) is 0 Å². The lowest BCUT2D eigenvalue weighted by molar-refractivity contribution is 0.410. The van der Waals surface area contributed by atoms with Crippen molar-refractivity contribution in [1.29, 1.82) is 0 Å². The van der Waals surface area contributed by atoms with Gasteiger partial charge in [0.1, 0.15) is 17.3 Å². The molecule has 3 rings (SSSR count). The SMILES string of the molecule is COc1cccc(F)c1-c1noc(N)c1-c1ccccn1. The van der Waals surface area contributed by atoms with E-state index in [1.807, 2.05) is 0 Å². The van der Waals surface area contributed by atoms with Gasteiger partial charge in [-0.3, -0.25) is 4.98 Å². The molecular weight excluding hydrogens is 273 g/mol. The predicted molar refractivity (Wildman–Crippen MR) is 76.1 cm³/mol. The van der Waals surface area contributed by atoms with E-state index in [9.17, 15) is 4.39 Å². The third-order valence-electron chi connectivity index (χ3n) is 3.07. The van der Waals surface area contributed by atoms with Crippen molar-refractivity contribution in [3.8, 4) is 28.3 Å². The highest BCUT2D eigenvalue weighted by atomic mass is 19.1. The summed E-state index contributed by atoms with van der Waals surface area (Å²) in [5, 5.41) is 3.87. The van der Waals surface area contributed by atoms with Crippen molar-refractivity contribution in [3.05, 3.63) is 48.4 Å². The predicted octanol–water partition coefficient (Wildman–Crippen LogP) is 3.13. The highest BCUT2D eigenvalue weighted by Gasteiger charge is 2.23. The molecule has 1 aromatic carbocycles. The van der Waals surface area contributed by atoms with E-state index in [4.69, 9.17) is 15.0 Å². The third kappa shape index (κ3) is 2.20. The van der Waals surface area contributed by atoms with Gasteiger partial charge in [0.15, 0.2) is 0 Å². The molecule has 0 amide bonds. The number of benzene rings is 1. The number of hydrogen-bond donors (Lipinski definition) is 1. The van der Waals surface area contributed by atoms with Gasteiger partial charge in [0.05, 0.1) is 23.9 Å². The van der Waals surface area contributed by atoms with Crippen molar-refractivity contribution in [2.45, 2.75) is 0 Å². The number of aromatic nitrogens is 2. The van der Waals surface area contributed by atoms with E-state index in [0.29, 0.717) is 17.0 Å². The monoisotopic (exact) mass is 285 g/mol. The van der Waals surface area contributed by atoms with Gasteiger partial charge in [-0.2, -0.15) is 0 Å². The van der Waals surface area contributed by atoms with Gasteiger partial charge in [-0.1, -0.05) is 17.3 Å². The van der Waals surface area contributed by atoms with Crippen LogP contribution in [-0.4, -0.2) is 17.3 Å². The molecular formula is C15H12FN3O2. The van der Waals surface area contributed by atoms with Crippen LogP contribution in [0.15, 0.2) is 47.1 Å². The summed E-state index contributed by atoms with van der Waals surface area (Å²) in [6, 6.07) is 9.85. The number of nitrogens with zero attached hydrogens (tertiary/aromatic N) is 2. The van der Waals surface area contributed by atoms with Crippen molar-refractivity contribution >= 4 is 5.88 Å². The van der Waals surface area contributed by atoms with E-state index in [-0.39, 0.29) is 17.1 Å². The summed E-state index contributed by atoms with van der Waals surface area (Å²) in [6.07, 6.45) is 1.62. The summed E-state index contributed by atoms with van der Waals surface area (Å²) in [5.74, 6) is -0.0469. The fourth-order valence-corrected chi connectivity index (χ4v) is 2.14. The lowest BCUT2D eigenvalue weighted by atomic mass is 10.0. The first-order chi connectivity index (χ1) is 10.2. The first kappa shape index (κ1) is 13.1. The van der Waals surface area contributed by atoms with Gasteiger partial charge in [-0.15, -0.1) is 0 Å². The zero-order chi connectivity index (χ0) is 14.8. The molecule has 0 aliphatic heterocycles. The van der Waals surface area contributed by atoms with E-state index in [0.717, 1.165) is 0 Å². The molecule has 106 valence electrons. The van der Waals surface area contributed by atoms with Crippen LogP contribution in [-0.2, 0) is 0 Å². The maximum Gasteiger partial charge on any atom is 0.232 e. The molecule has 6 heteroatoms. The molecule has 2 heterocycles. The molecule has 5 nitrogen and oxygen atoms in total. The number of nitrogen functional groups attached to an aromatic ring is 1. The van der Waals surface area contributed by atoms with Crippen LogP contribution in [0.5, 0.6) is 5.75 Å². The third-order valence-corrected chi connectivity index (χ3v) is 3.07.